The van der Waals surface area contributed by atoms with Crippen molar-refractivity contribution in [2.45, 2.75) is 52.6 Å². The van der Waals surface area contributed by atoms with E-state index in [1.807, 2.05) is 38.1 Å². The Hall–Kier alpha value is -2.34. The van der Waals surface area contributed by atoms with Crippen LogP contribution in [-0.4, -0.2) is 22.9 Å². The van der Waals surface area contributed by atoms with Crippen LogP contribution in [0.2, 0.25) is 0 Å². The summed E-state index contributed by atoms with van der Waals surface area (Å²) in [6.45, 7) is 6.28. The lowest BCUT2D eigenvalue weighted by atomic mass is 10.0. The molecule has 0 spiro atoms. The van der Waals surface area contributed by atoms with Crippen LogP contribution in [0.25, 0.3) is 0 Å². The molecule has 3 N–H and O–H groups in total. The predicted molar refractivity (Wildman–Crippen MR) is 96.3 cm³/mol. The summed E-state index contributed by atoms with van der Waals surface area (Å²) < 4.78 is 5.30. The van der Waals surface area contributed by atoms with E-state index < -0.39 is 6.04 Å². The molecule has 1 atom stereocenters. The van der Waals surface area contributed by atoms with Gasteiger partial charge in [-0.1, -0.05) is 50.2 Å². The normalized spacial score (nSPS) is 12.0. The van der Waals surface area contributed by atoms with E-state index in [9.17, 15) is 9.90 Å². The fraction of sp³-hybridized carbons (Fsp3) is 0.474. The summed E-state index contributed by atoms with van der Waals surface area (Å²) in [6, 6.07) is 7.12. The van der Waals surface area contributed by atoms with Crippen LogP contribution in [0.5, 0.6) is 0 Å². The fourth-order valence-electron chi connectivity index (χ4n) is 2.74. The van der Waals surface area contributed by atoms with Crippen LogP contribution in [0.3, 0.4) is 0 Å². The number of hydrogen-bond acceptors (Lipinski definition) is 4. The number of amides is 2. The van der Waals surface area contributed by atoms with E-state index in [-0.39, 0.29) is 12.6 Å². The maximum absolute atomic E-state index is 12.2. The minimum atomic E-state index is -0.440. The van der Waals surface area contributed by atoms with Gasteiger partial charge in [0, 0.05) is 18.5 Å². The number of nitrogens with zero attached hydrogens (tertiary/aromatic N) is 1. The Morgan fingerprint density at radius 1 is 1.16 bits per heavy atom. The SMILES string of the molecule is CCc1ccc(C(CO)NC(=O)NCc2c(CC)noc2CC)cc1. The minimum absolute atomic E-state index is 0.160. The Kier molecular flexibility index (Phi) is 7.01. The summed E-state index contributed by atoms with van der Waals surface area (Å²) in [5.74, 6) is 0.797. The number of aromatic nitrogens is 1. The summed E-state index contributed by atoms with van der Waals surface area (Å²) in [4.78, 5) is 12.2. The zero-order valence-electron chi connectivity index (χ0n) is 15.1. The molecule has 136 valence electrons. The number of aliphatic hydroxyl groups excluding tert-OH is 1. The van der Waals surface area contributed by atoms with Crippen molar-refractivity contribution in [1.29, 1.82) is 0 Å². The molecule has 0 aliphatic rings. The lowest BCUT2D eigenvalue weighted by Crippen LogP contribution is -2.39. The molecule has 0 bridgehead atoms. The smallest absolute Gasteiger partial charge is 0.315 e. The number of hydrogen-bond donors (Lipinski definition) is 3. The van der Waals surface area contributed by atoms with Gasteiger partial charge in [-0.15, -0.1) is 0 Å². The molecule has 1 aromatic carbocycles. The molecule has 1 aromatic heterocycles. The van der Waals surface area contributed by atoms with Crippen molar-refractivity contribution in [1.82, 2.24) is 15.8 Å². The zero-order chi connectivity index (χ0) is 18.2. The molecule has 6 heteroatoms. The molecule has 1 unspecified atom stereocenters. The van der Waals surface area contributed by atoms with Gasteiger partial charge in [-0.25, -0.2) is 4.79 Å². The number of urea groups is 1. The van der Waals surface area contributed by atoms with Gasteiger partial charge in [-0.05, 0) is 24.0 Å². The van der Waals surface area contributed by atoms with Gasteiger partial charge in [0.1, 0.15) is 5.76 Å². The Morgan fingerprint density at radius 3 is 2.44 bits per heavy atom. The number of nitrogens with one attached hydrogen (secondary N) is 2. The first-order chi connectivity index (χ1) is 12.1. The van der Waals surface area contributed by atoms with Gasteiger partial charge < -0.3 is 20.3 Å². The lowest BCUT2D eigenvalue weighted by molar-refractivity contribution is 0.216. The minimum Gasteiger partial charge on any atom is -0.394 e. The second kappa shape index (κ2) is 9.22. The van der Waals surface area contributed by atoms with Gasteiger partial charge in [0.25, 0.3) is 0 Å². The van der Waals surface area contributed by atoms with E-state index in [1.54, 1.807) is 0 Å². The largest absolute Gasteiger partial charge is 0.394 e. The Balaban J connectivity index is 1.97. The quantitative estimate of drug-likeness (QED) is 0.686. The van der Waals surface area contributed by atoms with Crippen LogP contribution in [0.15, 0.2) is 28.8 Å². The molecule has 0 fully saturated rings. The third-order valence-electron chi connectivity index (χ3n) is 4.31. The highest BCUT2D eigenvalue weighted by Crippen LogP contribution is 2.16. The number of rotatable bonds is 8. The van der Waals surface area contributed by atoms with Crippen LogP contribution in [0, 0.1) is 0 Å². The van der Waals surface area contributed by atoms with Gasteiger partial charge in [-0.3, -0.25) is 0 Å². The van der Waals surface area contributed by atoms with Gasteiger partial charge >= 0.3 is 6.03 Å². The maximum atomic E-state index is 12.2. The molecule has 2 aromatic rings. The predicted octanol–water partition coefficient (Wildman–Crippen LogP) is 2.89. The van der Waals surface area contributed by atoms with Crippen LogP contribution < -0.4 is 10.6 Å². The van der Waals surface area contributed by atoms with Crippen molar-refractivity contribution in [3.05, 3.63) is 52.4 Å². The van der Waals surface area contributed by atoms with Crippen LogP contribution in [0.4, 0.5) is 4.79 Å². The van der Waals surface area contributed by atoms with E-state index >= 15 is 0 Å². The summed E-state index contributed by atoms with van der Waals surface area (Å²) in [7, 11) is 0. The highest BCUT2D eigenvalue weighted by atomic mass is 16.5. The number of carbonyl (C=O) groups excluding carboxylic acids is 1. The second-order valence-electron chi connectivity index (χ2n) is 5.90. The van der Waals surface area contributed by atoms with Crippen LogP contribution in [0.1, 0.15) is 55.0 Å². The van der Waals surface area contributed by atoms with Gasteiger partial charge in [0.15, 0.2) is 0 Å². The number of carbonyl (C=O) groups is 1. The average Bonchev–Trinajstić information content (AvgIpc) is 3.06. The molecule has 0 saturated carbocycles. The molecule has 0 aliphatic heterocycles. The highest BCUT2D eigenvalue weighted by molar-refractivity contribution is 5.74. The molecule has 0 aliphatic carbocycles. The van der Waals surface area contributed by atoms with Crippen molar-refractivity contribution in [3.63, 3.8) is 0 Å². The maximum Gasteiger partial charge on any atom is 0.315 e. The van der Waals surface area contributed by atoms with Gasteiger partial charge in [-0.2, -0.15) is 0 Å². The average molecular weight is 345 g/mol. The van der Waals surface area contributed by atoms with Crippen molar-refractivity contribution < 1.29 is 14.4 Å². The summed E-state index contributed by atoms with van der Waals surface area (Å²) in [5, 5.41) is 19.3. The van der Waals surface area contributed by atoms with Crippen molar-refractivity contribution in [2.24, 2.45) is 0 Å². The van der Waals surface area contributed by atoms with E-state index in [0.717, 1.165) is 41.8 Å². The van der Waals surface area contributed by atoms with Crippen molar-refractivity contribution >= 4 is 6.03 Å². The molecule has 25 heavy (non-hydrogen) atoms. The van der Waals surface area contributed by atoms with Crippen LogP contribution in [-0.2, 0) is 25.8 Å². The summed E-state index contributed by atoms with van der Waals surface area (Å²) in [5.41, 5.74) is 3.90. The lowest BCUT2D eigenvalue weighted by Gasteiger charge is -2.17. The first kappa shape index (κ1) is 19.0. The first-order valence-corrected chi connectivity index (χ1v) is 8.83. The number of aliphatic hydroxyl groups is 1. The van der Waals surface area contributed by atoms with E-state index in [1.165, 1.54) is 5.56 Å². The zero-order valence-corrected chi connectivity index (χ0v) is 15.1. The molecular weight excluding hydrogens is 318 g/mol. The molecular formula is C19H27N3O3. The third-order valence-corrected chi connectivity index (χ3v) is 4.31. The second-order valence-corrected chi connectivity index (χ2v) is 5.90. The first-order valence-electron chi connectivity index (χ1n) is 8.83. The number of aryl methyl sites for hydroxylation is 3. The molecule has 6 nitrogen and oxygen atoms in total. The van der Waals surface area contributed by atoms with E-state index in [2.05, 4.69) is 22.7 Å². The Labute approximate surface area is 148 Å². The van der Waals surface area contributed by atoms with E-state index in [0.29, 0.717) is 6.54 Å². The highest BCUT2D eigenvalue weighted by Gasteiger charge is 2.16. The standard InChI is InChI=1S/C19H27N3O3/c1-4-13-7-9-14(10-8-13)17(12-23)21-19(24)20-11-15-16(5-2)22-25-18(15)6-3/h7-10,17,23H,4-6,11-12H2,1-3H3,(H2,20,21,24). The summed E-state index contributed by atoms with van der Waals surface area (Å²) in [6.07, 6.45) is 2.44. The fourth-order valence-corrected chi connectivity index (χ4v) is 2.74. The summed E-state index contributed by atoms with van der Waals surface area (Å²) >= 11 is 0. The van der Waals surface area contributed by atoms with Crippen LogP contribution >= 0.6 is 0 Å². The van der Waals surface area contributed by atoms with E-state index in [4.69, 9.17) is 4.52 Å². The topological polar surface area (TPSA) is 87.4 Å². The molecule has 1 heterocycles. The molecule has 2 rings (SSSR count). The third kappa shape index (κ3) is 4.82. The Morgan fingerprint density at radius 2 is 1.88 bits per heavy atom. The van der Waals surface area contributed by atoms with Crippen molar-refractivity contribution in [2.75, 3.05) is 6.61 Å². The molecule has 0 saturated heterocycles. The van der Waals surface area contributed by atoms with Crippen molar-refractivity contribution in [3.8, 4) is 0 Å². The molecule has 0 radical (unpaired) electrons. The number of benzene rings is 1. The van der Waals surface area contributed by atoms with Gasteiger partial charge in [0.05, 0.1) is 18.3 Å². The molecule has 2 amide bonds. The Bertz CT molecular complexity index is 658. The van der Waals surface area contributed by atoms with Gasteiger partial charge in [0.2, 0.25) is 0 Å². The monoisotopic (exact) mass is 345 g/mol.